The van der Waals surface area contributed by atoms with Crippen molar-refractivity contribution in [2.24, 2.45) is 0 Å². The normalized spacial score (nSPS) is 7.91. The molecule has 0 aromatic heterocycles. The third-order valence-electron chi connectivity index (χ3n) is 2.03. The predicted octanol–water partition coefficient (Wildman–Crippen LogP) is 6.41. The van der Waals surface area contributed by atoms with E-state index in [9.17, 15) is 5.11 Å². The average molecular weight is 383 g/mol. The Balaban J connectivity index is -0.0000000230. The first-order valence-corrected chi connectivity index (χ1v) is 4.68. The van der Waals surface area contributed by atoms with Gasteiger partial charge in [-0.25, -0.2) is 12.2 Å². The van der Waals surface area contributed by atoms with E-state index in [1.807, 2.05) is 44.2 Å². The molecule has 2 rings (SSSR count). The van der Waals surface area contributed by atoms with Gasteiger partial charge in [0.1, 0.15) is 5.75 Å². The molecule has 1 aliphatic rings. The summed E-state index contributed by atoms with van der Waals surface area (Å²) in [5, 5.41) is 9.21. The van der Waals surface area contributed by atoms with Crippen molar-refractivity contribution in [1.82, 2.24) is 0 Å². The van der Waals surface area contributed by atoms with Gasteiger partial charge in [0.15, 0.2) is 0 Å². The predicted molar refractivity (Wildman–Crippen MR) is 106 cm³/mol. The van der Waals surface area contributed by atoms with E-state index in [1.54, 1.807) is 0 Å². The Morgan fingerprint density at radius 3 is 1.50 bits per heavy atom. The molecule has 134 valence electrons. The summed E-state index contributed by atoms with van der Waals surface area (Å²) in [5.74, 6) is 0.414. The number of phenolic OH excluding ortho intramolecular Hbond substituents is 1. The van der Waals surface area contributed by atoms with Gasteiger partial charge < -0.3 is 42.2 Å². The quantitative estimate of drug-likeness (QED) is 0.406. The molecule has 0 saturated heterocycles. The van der Waals surface area contributed by atoms with Gasteiger partial charge in [0.2, 0.25) is 0 Å². The van der Waals surface area contributed by atoms with Crippen LogP contribution in [0.15, 0.2) is 36.4 Å². The summed E-state index contributed by atoms with van der Waals surface area (Å²) >= 11 is 0. The molecule has 1 N–H and O–H groups in total. The summed E-state index contributed by atoms with van der Waals surface area (Å²) in [6, 6.07) is 5.72. The number of aryl methyl sites for hydroxylation is 2. The minimum atomic E-state index is 0. The van der Waals surface area contributed by atoms with E-state index in [4.69, 9.17) is 0 Å². The van der Waals surface area contributed by atoms with Crippen LogP contribution in [-0.2, 0) is 21.7 Å². The molecule has 22 heavy (non-hydrogen) atoms. The zero-order valence-corrected chi connectivity index (χ0v) is 18.1. The van der Waals surface area contributed by atoms with Gasteiger partial charge in [0.05, 0.1) is 0 Å². The third-order valence-corrected chi connectivity index (χ3v) is 2.03. The van der Waals surface area contributed by atoms with Crippen molar-refractivity contribution >= 4 is 24.8 Å². The van der Waals surface area contributed by atoms with Crippen molar-refractivity contribution in [2.45, 2.75) is 20.3 Å². The van der Waals surface area contributed by atoms with E-state index in [0.29, 0.717) is 5.75 Å². The number of allylic oxidation sites excluding steroid dienone is 4. The van der Waals surface area contributed by atoms with Gasteiger partial charge in [-0.1, -0.05) is 18.2 Å². The first-order valence-electron chi connectivity index (χ1n) is 4.68. The number of aromatic hydroxyl groups is 1. The average Bonchev–Trinajstić information content (AvgIpc) is 2.72. The molecule has 1 aromatic rings. The molecular weight excluding hydrogens is 351 g/mol. The Kier molecular flexibility index (Phi) is 65.0. The van der Waals surface area contributed by atoms with Gasteiger partial charge in [-0.3, -0.25) is 6.08 Å². The molecule has 1 aromatic carbocycles. The summed E-state index contributed by atoms with van der Waals surface area (Å²) in [7, 11) is 0. The van der Waals surface area contributed by atoms with E-state index in [-0.39, 0.29) is 83.7 Å². The molecule has 0 atom stereocenters. The van der Waals surface area contributed by atoms with Gasteiger partial charge >= 0.3 is 0 Å². The molecule has 0 bridgehead atoms. The van der Waals surface area contributed by atoms with E-state index in [0.717, 1.165) is 17.5 Å². The topological polar surface area (TPSA) is 20.2 Å². The first-order chi connectivity index (χ1) is 6.72. The Morgan fingerprint density at radius 2 is 1.32 bits per heavy atom. The van der Waals surface area contributed by atoms with Crippen molar-refractivity contribution in [2.75, 3.05) is 0 Å². The van der Waals surface area contributed by atoms with E-state index in [2.05, 4.69) is 12.2 Å². The van der Waals surface area contributed by atoms with Gasteiger partial charge in [-0.05, 0) is 25.0 Å². The van der Waals surface area contributed by atoms with Crippen LogP contribution >= 0.6 is 24.8 Å². The number of para-hydroxylation sites is 1. The standard InChI is InChI=1S/C8H10O.C5H5.5CH3.2ClH.Ti/c1-6-4-3-5-7(2)8(6)9;1-2-4-5-3-1;;;;;;;;/h3-5,9H,1-2H3;1-3H,4H2;5*1H3;2*1H;/q;6*-1;;;. The van der Waals surface area contributed by atoms with Crippen molar-refractivity contribution in [3.63, 3.8) is 0 Å². The number of halogens is 2. The number of rotatable bonds is 0. The Morgan fingerprint density at radius 1 is 0.909 bits per heavy atom. The fourth-order valence-corrected chi connectivity index (χ4v) is 1.15. The molecule has 0 unspecified atom stereocenters. The second-order valence-corrected chi connectivity index (χ2v) is 3.24. The van der Waals surface area contributed by atoms with Crippen molar-refractivity contribution in [3.8, 4) is 5.75 Å². The van der Waals surface area contributed by atoms with E-state index >= 15 is 0 Å². The molecule has 0 amide bonds. The largest absolute Gasteiger partial charge is 0.507 e. The molecule has 0 spiro atoms. The number of hydrogen-bond donors (Lipinski definition) is 1. The molecule has 0 aliphatic heterocycles. The van der Waals surface area contributed by atoms with Gasteiger partial charge in [-0.15, -0.1) is 31.2 Å². The van der Waals surface area contributed by atoms with Crippen molar-refractivity contribution in [3.05, 3.63) is 90.8 Å². The van der Waals surface area contributed by atoms with Crippen LogP contribution in [0.2, 0.25) is 0 Å². The molecule has 0 heterocycles. The molecule has 0 radical (unpaired) electrons. The van der Waals surface area contributed by atoms with Crippen LogP contribution in [0.1, 0.15) is 17.5 Å². The third kappa shape index (κ3) is 19.8. The fraction of sp³-hybridized carbons (Fsp3) is 0.167. The zero-order chi connectivity index (χ0) is 10.4. The zero-order valence-electron chi connectivity index (χ0n) is 14.9. The number of hydrogen-bond acceptors (Lipinski definition) is 1. The second-order valence-electron chi connectivity index (χ2n) is 3.24. The van der Waals surface area contributed by atoms with Crippen LogP contribution in [0.4, 0.5) is 0 Å². The minimum Gasteiger partial charge on any atom is -0.507 e. The Labute approximate surface area is 168 Å². The summed E-state index contributed by atoms with van der Waals surface area (Å²) in [6.45, 7) is 3.78. The summed E-state index contributed by atoms with van der Waals surface area (Å²) in [5.41, 5.74) is 1.88. The Hall–Kier alpha value is -0.206. The van der Waals surface area contributed by atoms with Crippen LogP contribution in [-0.4, -0.2) is 5.11 Å². The maximum absolute atomic E-state index is 9.21. The molecule has 4 heteroatoms. The summed E-state index contributed by atoms with van der Waals surface area (Å²) in [4.78, 5) is 0. The van der Waals surface area contributed by atoms with Crippen LogP contribution in [0.3, 0.4) is 0 Å². The molecule has 1 nitrogen and oxygen atoms in total. The minimum absolute atomic E-state index is 0. The monoisotopic (exact) mass is 382 g/mol. The molecular formula is C18H32Cl2OTi-6. The van der Waals surface area contributed by atoms with Crippen molar-refractivity contribution < 1.29 is 26.8 Å². The smallest absolute Gasteiger partial charge is 0.121 e. The van der Waals surface area contributed by atoms with E-state index in [1.165, 1.54) is 0 Å². The SMILES string of the molecule is Cc1cccc(C)c1O.Cl.Cl.[C-]1=CC=CC1.[CH3-].[CH3-].[CH3-].[CH3-].[CH3-].[Ti]. The molecule has 0 fully saturated rings. The van der Waals surface area contributed by atoms with Crippen molar-refractivity contribution in [1.29, 1.82) is 0 Å². The summed E-state index contributed by atoms with van der Waals surface area (Å²) < 4.78 is 0. The van der Waals surface area contributed by atoms with Gasteiger partial charge in [-0.2, -0.15) is 6.08 Å². The first kappa shape index (κ1) is 49.5. The maximum atomic E-state index is 9.21. The van der Waals surface area contributed by atoms with Crippen LogP contribution in [0, 0.1) is 57.1 Å². The maximum Gasteiger partial charge on any atom is 0.121 e. The second kappa shape index (κ2) is 28.9. The Bertz CT molecular complexity index is 334. The summed E-state index contributed by atoms with van der Waals surface area (Å²) in [6.07, 6.45) is 10.0. The van der Waals surface area contributed by atoms with E-state index < -0.39 is 0 Å². The fourth-order valence-electron chi connectivity index (χ4n) is 1.15. The number of phenols is 1. The van der Waals surface area contributed by atoms with Crippen LogP contribution < -0.4 is 0 Å². The van der Waals surface area contributed by atoms with Crippen LogP contribution in [0.5, 0.6) is 5.75 Å². The molecule has 0 saturated carbocycles. The van der Waals surface area contributed by atoms with Crippen LogP contribution in [0.25, 0.3) is 0 Å². The van der Waals surface area contributed by atoms with Gasteiger partial charge in [0.25, 0.3) is 0 Å². The van der Waals surface area contributed by atoms with Gasteiger partial charge in [0, 0.05) is 21.7 Å². The number of benzene rings is 1. The molecule has 1 aliphatic carbocycles.